The molecule has 3 rings (SSSR count). The third-order valence-corrected chi connectivity index (χ3v) is 4.11. The van der Waals surface area contributed by atoms with E-state index >= 15 is 0 Å². The van der Waals surface area contributed by atoms with Gasteiger partial charge in [-0.1, -0.05) is 0 Å². The van der Waals surface area contributed by atoms with Crippen molar-refractivity contribution < 1.29 is 14.0 Å². The molecule has 0 radical (unpaired) electrons. The Bertz CT molecular complexity index is 529. The van der Waals surface area contributed by atoms with Gasteiger partial charge in [0, 0.05) is 37.7 Å². The first-order chi connectivity index (χ1) is 9.63. The van der Waals surface area contributed by atoms with Crippen molar-refractivity contribution in [1.82, 2.24) is 9.80 Å². The Kier molecular flexibility index (Phi) is 3.53. The van der Waals surface area contributed by atoms with Gasteiger partial charge in [-0.2, -0.15) is 0 Å². The lowest BCUT2D eigenvalue weighted by Gasteiger charge is -2.37. The molecule has 5 heteroatoms. The standard InChI is InChI=1S/C15H17FN2O2/c16-12-3-1-11(2-4-12)14(19)10-17-7-8-18-13(9-17)5-6-15(18)20/h1-4,13H,5-10H2. The maximum atomic E-state index is 12.8. The molecule has 106 valence electrons. The van der Waals surface area contributed by atoms with Crippen molar-refractivity contribution in [3.8, 4) is 0 Å². The van der Waals surface area contributed by atoms with Crippen LogP contribution in [0.3, 0.4) is 0 Å². The molecule has 1 amide bonds. The van der Waals surface area contributed by atoms with Gasteiger partial charge in [0.25, 0.3) is 0 Å². The zero-order valence-corrected chi connectivity index (χ0v) is 11.2. The van der Waals surface area contributed by atoms with E-state index in [1.165, 1.54) is 24.3 Å². The van der Waals surface area contributed by atoms with Crippen LogP contribution in [0.15, 0.2) is 24.3 Å². The smallest absolute Gasteiger partial charge is 0.222 e. The van der Waals surface area contributed by atoms with E-state index in [1.54, 1.807) is 0 Å². The van der Waals surface area contributed by atoms with Crippen molar-refractivity contribution in [2.24, 2.45) is 0 Å². The number of halogens is 1. The topological polar surface area (TPSA) is 40.6 Å². The van der Waals surface area contributed by atoms with Crippen LogP contribution in [0.2, 0.25) is 0 Å². The summed E-state index contributed by atoms with van der Waals surface area (Å²) in [7, 11) is 0. The van der Waals surface area contributed by atoms with Gasteiger partial charge < -0.3 is 4.90 Å². The van der Waals surface area contributed by atoms with Crippen LogP contribution in [0, 0.1) is 5.82 Å². The number of hydrogen-bond donors (Lipinski definition) is 0. The van der Waals surface area contributed by atoms with E-state index in [1.807, 2.05) is 4.90 Å². The fourth-order valence-electron chi connectivity index (χ4n) is 3.00. The summed E-state index contributed by atoms with van der Waals surface area (Å²) in [5.41, 5.74) is 0.538. The van der Waals surface area contributed by atoms with Gasteiger partial charge >= 0.3 is 0 Å². The monoisotopic (exact) mass is 276 g/mol. The van der Waals surface area contributed by atoms with Gasteiger partial charge in [0.15, 0.2) is 5.78 Å². The minimum atomic E-state index is -0.334. The highest BCUT2D eigenvalue weighted by molar-refractivity contribution is 5.97. The molecule has 0 aromatic heterocycles. The van der Waals surface area contributed by atoms with Crippen LogP contribution in [0.4, 0.5) is 4.39 Å². The average Bonchev–Trinajstić information content (AvgIpc) is 2.81. The average molecular weight is 276 g/mol. The van der Waals surface area contributed by atoms with Crippen molar-refractivity contribution in [3.05, 3.63) is 35.6 Å². The Hall–Kier alpha value is -1.75. The summed E-state index contributed by atoms with van der Waals surface area (Å²) in [6.07, 6.45) is 1.52. The second kappa shape index (κ2) is 5.32. The second-order valence-corrected chi connectivity index (χ2v) is 5.44. The molecule has 20 heavy (non-hydrogen) atoms. The van der Waals surface area contributed by atoms with Crippen LogP contribution in [-0.2, 0) is 4.79 Å². The SMILES string of the molecule is O=C(CN1CCN2C(=O)CCC2C1)c1ccc(F)cc1. The number of piperazine rings is 1. The Morgan fingerprint density at radius 2 is 2.00 bits per heavy atom. The van der Waals surface area contributed by atoms with Crippen molar-refractivity contribution in [1.29, 1.82) is 0 Å². The Labute approximate surface area is 117 Å². The van der Waals surface area contributed by atoms with E-state index in [0.29, 0.717) is 25.1 Å². The van der Waals surface area contributed by atoms with Gasteiger partial charge in [0.05, 0.1) is 6.54 Å². The lowest BCUT2D eigenvalue weighted by molar-refractivity contribution is -0.130. The van der Waals surface area contributed by atoms with Crippen LogP contribution in [0.1, 0.15) is 23.2 Å². The van der Waals surface area contributed by atoms with Crippen molar-refractivity contribution in [2.45, 2.75) is 18.9 Å². The number of benzene rings is 1. The van der Waals surface area contributed by atoms with E-state index < -0.39 is 0 Å². The third kappa shape index (κ3) is 2.58. The number of ketones is 1. The number of nitrogens with zero attached hydrogens (tertiary/aromatic N) is 2. The van der Waals surface area contributed by atoms with Gasteiger partial charge in [0.2, 0.25) is 5.91 Å². The van der Waals surface area contributed by atoms with Gasteiger partial charge in [-0.15, -0.1) is 0 Å². The summed E-state index contributed by atoms with van der Waals surface area (Å²) in [5.74, 6) is -0.0954. The van der Waals surface area contributed by atoms with Crippen molar-refractivity contribution >= 4 is 11.7 Å². The molecule has 1 aromatic rings. The molecular weight excluding hydrogens is 259 g/mol. The van der Waals surface area contributed by atoms with Crippen LogP contribution in [-0.4, -0.2) is 53.7 Å². The summed E-state index contributed by atoms with van der Waals surface area (Å²) in [4.78, 5) is 27.7. The van der Waals surface area contributed by atoms with Gasteiger partial charge in [-0.05, 0) is 30.7 Å². The lowest BCUT2D eigenvalue weighted by atomic mass is 10.1. The quantitative estimate of drug-likeness (QED) is 0.782. The van der Waals surface area contributed by atoms with E-state index in [-0.39, 0.29) is 23.5 Å². The molecule has 0 saturated carbocycles. The number of Topliss-reactive ketones (excluding diaryl/α,β-unsaturated/α-hetero) is 1. The van der Waals surface area contributed by atoms with E-state index in [2.05, 4.69) is 4.90 Å². The highest BCUT2D eigenvalue weighted by Crippen LogP contribution is 2.22. The normalized spacial score (nSPS) is 22.9. The first-order valence-corrected chi connectivity index (χ1v) is 6.94. The number of fused-ring (bicyclic) bond motifs is 1. The van der Waals surface area contributed by atoms with E-state index in [0.717, 1.165) is 19.5 Å². The van der Waals surface area contributed by atoms with Crippen molar-refractivity contribution in [2.75, 3.05) is 26.2 Å². The molecule has 2 aliphatic rings. The molecule has 0 N–H and O–H groups in total. The molecule has 1 aromatic carbocycles. The molecule has 2 fully saturated rings. The number of carbonyl (C=O) groups is 2. The summed E-state index contributed by atoms with van der Waals surface area (Å²) >= 11 is 0. The Balaban J connectivity index is 1.60. The molecule has 2 saturated heterocycles. The molecule has 0 spiro atoms. The summed E-state index contributed by atoms with van der Waals surface area (Å²) in [6, 6.07) is 5.92. The predicted molar refractivity (Wildman–Crippen MR) is 71.9 cm³/mol. The number of rotatable bonds is 3. The van der Waals surface area contributed by atoms with Crippen LogP contribution < -0.4 is 0 Å². The number of amides is 1. The maximum Gasteiger partial charge on any atom is 0.222 e. The van der Waals surface area contributed by atoms with Gasteiger partial charge in [-0.25, -0.2) is 4.39 Å². The Morgan fingerprint density at radius 3 is 2.75 bits per heavy atom. The largest absolute Gasteiger partial charge is 0.337 e. The summed E-state index contributed by atoms with van der Waals surface area (Å²) in [5, 5.41) is 0. The molecular formula is C15H17FN2O2. The highest BCUT2D eigenvalue weighted by atomic mass is 19.1. The predicted octanol–water partition coefficient (Wildman–Crippen LogP) is 1.31. The van der Waals surface area contributed by atoms with Gasteiger partial charge in [0.1, 0.15) is 5.82 Å². The van der Waals surface area contributed by atoms with Crippen molar-refractivity contribution in [3.63, 3.8) is 0 Å². The lowest BCUT2D eigenvalue weighted by Crippen LogP contribution is -2.52. The minimum absolute atomic E-state index is 0.00257. The summed E-state index contributed by atoms with van der Waals surface area (Å²) < 4.78 is 12.8. The van der Waals surface area contributed by atoms with Crippen LogP contribution in [0.25, 0.3) is 0 Å². The molecule has 4 nitrogen and oxygen atoms in total. The van der Waals surface area contributed by atoms with E-state index in [9.17, 15) is 14.0 Å². The molecule has 1 unspecified atom stereocenters. The van der Waals surface area contributed by atoms with E-state index in [4.69, 9.17) is 0 Å². The molecule has 0 bridgehead atoms. The fourth-order valence-corrected chi connectivity index (χ4v) is 3.00. The van der Waals surface area contributed by atoms with Crippen LogP contribution in [0.5, 0.6) is 0 Å². The third-order valence-electron chi connectivity index (χ3n) is 4.11. The zero-order valence-electron chi connectivity index (χ0n) is 11.2. The first kappa shape index (κ1) is 13.2. The number of carbonyl (C=O) groups excluding carboxylic acids is 2. The van der Waals surface area contributed by atoms with Crippen LogP contribution >= 0.6 is 0 Å². The highest BCUT2D eigenvalue weighted by Gasteiger charge is 2.35. The molecule has 0 aliphatic carbocycles. The molecule has 1 atom stereocenters. The van der Waals surface area contributed by atoms with Gasteiger partial charge in [-0.3, -0.25) is 14.5 Å². The fraction of sp³-hybridized carbons (Fsp3) is 0.467. The molecule has 2 heterocycles. The second-order valence-electron chi connectivity index (χ2n) is 5.44. The summed E-state index contributed by atoms with van der Waals surface area (Å²) in [6.45, 7) is 2.54. The first-order valence-electron chi connectivity index (χ1n) is 6.94. The maximum absolute atomic E-state index is 12.8. The minimum Gasteiger partial charge on any atom is -0.337 e. The molecule has 2 aliphatic heterocycles. The zero-order chi connectivity index (χ0) is 14.1. The number of hydrogen-bond acceptors (Lipinski definition) is 3. The Morgan fingerprint density at radius 1 is 1.25 bits per heavy atom.